The summed E-state index contributed by atoms with van der Waals surface area (Å²) in [5.41, 5.74) is 0. The smallest absolute Gasteiger partial charge is 0.0813 e. The molecule has 0 amide bonds. The molecule has 2 fully saturated rings. The molecule has 2 unspecified atom stereocenters. The summed E-state index contributed by atoms with van der Waals surface area (Å²) in [6, 6.07) is 0. The summed E-state index contributed by atoms with van der Waals surface area (Å²) >= 11 is 0. The molecule has 2 aliphatic rings. The fourth-order valence-corrected chi connectivity index (χ4v) is 1.38. The molecule has 0 saturated carbocycles. The van der Waals surface area contributed by atoms with E-state index in [1.54, 1.807) is 0 Å². The maximum Gasteiger partial charge on any atom is 0.0813 e. The number of hydrogen-bond acceptors (Lipinski definition) is 2. The monoisotopic (exact) mass is 144 g/mol. The van der Waals surface area contributed by atoms with E-state index in [1.807, 2.05) is 13.8 Å². The van der Waals surface area contributed by atoms with Crippen molar-refractivity contribution in [2.24, 2.45) is 5.92 Å². The van der Waals surface area contributed by atoms with Crippen LogP contribution in [0.3, 0.4) is 0 Å². The number of fused-ring (bicyclic) bond motifs is 2. The second kappa shape index (κ2) is 3.94. The Balaban J connectivity index is 0.000000231. The quantitative estimate of drug-likeness (QED) is 0.512. The van der Waals surface area contributed by atoms with Gasteiger partial charge in [-0.2, -0.15) is 0 Å². The summed E-state index contributed by atoms with van der Waals surface area (Å²) in [4.78, 5) is 0. The van der Waals surface area contributed by atoms with Gasteiger partial charge in [0.2, 0.25) is 0 Å². The van der Waals surface area contributed by atoms with Gasteiger partial charge in [-0.3, -0.25) is 0 Å². The molecule has 2 bridgehead atoms. The van der Waals surface area contributed by atoms with Crippen molar-refractivity contribution in [1.29, 1.82) is 0 Å². The number of ether oxygens (including phenoxy) is 2. The summed E-state index contributed by atoms with van der Waals surface area (Å²) in [7, 11) is 0. The third-order valence-electron chi connectivity index (χ3n) is 1.82. The van der Waals surface area contributed by atoms with Crippen molar-refractivity contribution in [2.75, 3.05) is 19.8 Å². The largest absolute Gasteiger partial charge is 0.378 e. The first-order valence-electron chi connectivity index (χ1n) is 4.14. The molecule has 2 heterocycles. The molecule has 0 aromatic heterocycles. The van der Waals surface area contributed by atoms with Gasteiger partial charge in [0, 0.05) is 5.92 Å². The second-order valence-corrected chi connectivity index (χ2v) is 2.59. The molecule has 2 heteroatoms. The molecule has 2 rings (SSSR count). The SMILES string of the molecule is C1OCC2CC1CO2.CC. The first kappa shape index (κ1) is 8.02. The molecule has 0 aromatic rings. The lowest BCUT2D eigenvalue weighted by molar-refractivity contribution is 0.0200. The fraction of sp³-hybridized carbons (Fsp3) is 1.00. The summed E-state index contributed by atoms with van der Waals surface area (Å²) in [6.07, 6.45) is 1.67. The Labute approximate surface area is 62.5 Å². The minimum Gasteiger partial charge on any atom is -0.378 e. The zero-order valence-corrected chi connectivity index (χ0v) is 6.80. The van der Waals surface area contributed by atoms with E-state index in [1.165, 1.54) is 6.42 Å². The highest BCUT2D eigenvalue weighted by molar-refractivity contribution is 4.76. The van der Waals surface area contributed by atoms with Crippen LogP contribution in [0.25, 0.3) is 0 Å². The highest BCUT2D eigenvalue weighted by Gasteiger charge is 2.29. The molecule has 0 spiro atoms. The normalized spacial score (nSPS) is 36.6. The minimum absolute atomic E-state index is 0.439. The van der Waals surface area contributed by atoms with Crippen LogP contribution in [0.15, 0.2) is 0 Å². The molecular weight excluding hydrogens is 128 g/mol. The van der Waals surface area contributed by atoms with Crippen LogP contribution in [0, 0.1) is 5.92 Å². The van der Waals surface area contributed by atoms with Gasteiger partial charge in [-0.25, -0.2) is 0 Å². The van der Waals surface area contributed by atoms with Gasteiger partial charge in [0.25, 0.3) is 0 Å². The molecule has 10 heavy (non-hydrogen) atoms. The van der Waals surface area contributed by atoms with E-state index in [0.717, 1.165) is 19.8 Å². The Morgan fingerprint density at radius 2 is 1.90 bits per heavy atom. The molecular formula is C8H16O2. The average Bonchev–Trinajstić information content (AvgIpc) is 2.35. The number of rotatable bonds is 0. The van der Waals surface area contributed by atoms with E-state index in [4.69, 9.17) is 9.47 Å². The van der Waals surface area contributed by atoms with Gasteiger partial charge in [-0.1, -0.05) is 13.8 Å². The lowest BCUT2D eigenvalue weighted by atomic mass is 10.1. The fourth-order valence-electron chi connectivity index (χ4n) is 1.38. The lowest BCUT2D eigenvalue weighted by Crippen LogP contribution is -2.21. The van der Waals surface area contributed by atoms with Crippen LogP contribution in [0.4, 0.5) is 0 Å². The third kappa shape index (κ3) is 1.70. The summed E-state index contributed by atoms with van der Waals surface area (Å²) in [5, 5.41) is 0. The van der Waals surface area contributed by atoms with Gasteiger partial charge in [0.15, 0.2) is 0 Å². The van der Waals surface area contributed by atoms with Crippen molar-refractivity contribution in [1.82, 2.24) is 0 Å². The van der Waals surface area contributed by atoms with E-state index < -0.39 is 0 Å². The van der Waals surface area contributed by atoms with E-state index >= 15 is 0 Å². The molecule has 0 aliphatic carbocycles. The predicted octanol–water partition coefficient (Wildman–Crippen LogP) is 1.45. The van der Waals surface area contributed by atoms with Crippen LogP contribution in [-0.4, -0.2) is 25.9 Å². The van der Waals surface area contributed by atoms with Gasteiger partial charge < -0.3 is 9.47 Å². The first-order valence-corrected chi connectivity index (χ1v) is 4.14. The Hall–Kier alpha value is -0.0800. The molecule has 2 atom stereocenters. The van der Waals surface area contributed by atoms with Gasteiger partial charge in [-0.15, -0.1) is 0 Å². The highest BCUT2D eigenvalue weighted by Crippen LogP contribution is 2.24. The first-order chi connectivity index (χ1) is 4.95. The third-order valence-corrected chi connectivity index (χ3v) is 1.82. The lowest BCUT2D eigenvalue weighted by Gasteiger charge is -2.15. The molecule has 0 N–H and O–H groups in total. The molecule has 0 radical (unpaired) electrons. The van der Waals surface area contributed by atoms with Crippen LogP contribution in [0.5, 0.6) is 0 Å². The minimum atomic E-state index is 0.439. The average molecular weight is 144 g/mol. The Bertz CT molecular complexity index is 79.3. The molecule has 60 valence electrons. The Morgan fingerprint density at radius 3 is 2.50 bits per heavy atom. The second-order valence-electron chi connectivity index (χ2n) is 2.59. The van der Waals surface area contributed by atoms with Crippen molar-refractivity contribution in [3.63, 3.8) is 0 Å². The number of hydrogen-bond donors (Lipinski definition) is 0. The van der Waals surface area contributed by atoms with E-state index in [2.05, 4.69) is 0 Å². The van der Waals surface area contributed by atoms with Gasteiger partial charge in [-0.05, 0) is 6.42 Å². The Morgan fingerprint density at radius 1 is 1.10 bits per heavy atom. The van der Waals surface area contributed by atoms with Crippen molar-refractivity contribution >= 4 is 0 Å². The van der Waals surface area contributed by atoms with Crippen molar-refractivity contribution in [3.8, 4) is 0 Å². The molecule has 0 aromatic carbocycles. The van der Waals surface area contributed by atoms with Crippen LogP contribution < -0.4 is 0 Å². The van der Waals surface area contributed by atoms with Gasteiger partial charge >= 0.3 is 0 Å². The summed E-state index contributed by atoms with van der Waals surface area (Å²) in [6.45, 7) is 6.69. The Kier molecular flexibility index (Phi) is 3.16. The van der Waals surface area contributed by atoms with Crippen LogP contribution in [0.2, 0.25) is 0 Å². The van der Waals surface area contributed by atoms with Crippen molar-refractivity contribution < 1.29 is 9.47 Å². The van der Waals surface area contributed by atoms with Crippen molar-refractivity contribution in [2.45, 2.75) is 26.4 Å². The topological polar surface area (TPSA) is 18.5 Å². The molecule has 2 saturated heterocycles. The predicted molar refractivity (Wildman–Crippen MR) is 40.0 cm³/mol. The highest BCUT2D eigenvalue weighted by atomic mass is 16.5. The van der Waals surface area contributed by atoms with Gasteiger partial charge in [0.05, 0.1) is 25.9 Å². The molecule has 2 nitrogen and oxygen atoms in total. The maximum atomic E-state index is 5.35. The summed E-state index contributed by atoms with van der Waals surface area (Å²) < 4.78 is 10.6. The maximum absolute atomic E-state index is 5.35. The van der Waals surface area contributed by atoms with E-state index in [9.17, 15) is 0 Å². The zero-order chi connectivity index (χ0) is 7.40. The van der Waals surface area contributed by atoms with E-state index in [0.29, 0.717) is 12.0 Å². The summed E-state index contributed by atoms with van der Waals surface area (Å²) in [5.74, 6) is 0.716. The van der Waals surface area contributed by atoms with Crippen molar-refractivity contribution in [3.05, 3.63) is 0 Å². The molecule has 2 aliphatic heterocycles. The van der Waals surface area contributed by atoms with Crippen LogP contribution in [-0.2, 0) is 9.47 Å². The zero-order valence-electron chi connectivity index (χ0n) is 6.80. The van der Waals surface area contributed by atoms with E-state index in [-0.39, 0.29) is 0 Å². The van der Waals surface area contributed by atoms with Crippen LogP contribution in [0.1, 0.15) is 20.3 Å². The standard InChI is InChI=1S/C6H10O2.C2H6/c1-5-2-7-4-6(1)8-3-5;1-2/h5-6H,1-4H2;1-2H3. The van der Waals surface area contributed by atoms with Crippen LogP contribution >= 0.6 is 0 Å². The van der Waals surface area contributed by atoms with Gasteiger partial charge in [0.1, 0.15) is 0 Å².